The van der Waals surface area contributed by atoms with Crippen molar-refractivity contribution < 1.29 is 9.13 Å². The number of likely N-dealkylation sites (tertiary alicyclic amines) is 1. The number of nitrogens with zero attached hydrogens (tertiary/aromatic N) is 2. The molecule has 3 atom stereocenters. The highest BCUT2D eigenvalue weighted by molar-refractivity contribution is 14.0. The van der Waals surface area contributed by atoms with Crippen molar-refractivity contribution in [2.75, 3.05) is 33.3 Å². The van der Waals surface area contributed by atoms with E-state index in [-0.39, 0.29) is 35.2 Å². The molecule has 0 bridgehead atoms. The third-order valence-corrected chi connectivity index (χ3v) is 7.23. The lowest BCUT2D eigenvalue weighted by Gasteiger charge is -2.55. The smallest absolute Gasteiger partial charge is 0.191 e. The van der Waals surface area contributed by atoms with Gasteiger partial charge in [0, 0.05) is 49.7 Å². The first-order chi connectivity index (χ1) is 14.0. The summed E-state index contributed by atoms with van der Waals surface area (Å²) in [5.41, 5.74) is 0.947. The van der Waals surface area contributed by atoms with Crippen molar-refractivity contribution in [3.8, 4) is 0 Å². The van der Waals surface area contributed by atoms with Crippen LogP contribution in [0.1, 0.15) is 38.7 Å². The molecule has 1 saturated carbocycles. The lowest BCUT2D eigenvalue weighted by atomic mass is 9.57. The lowest BCUT2D eigenvalue weighted by molar-refractivity contribution is -0.106. The summed E-state index contributed by atoms with van der Waals surface area (Å²) >= 11 is 0. The van der Waals surface area contributed by atoms with Crippen molar-refractivity contribution in [1.29, 1.82) is 0 Å². The molecule has 5 nitrogen and oxygen atoms in total. The van der Waals surface area contributed by atoms with E-state index in [2.05, 4.69) is 34.4 Å². The Morgan fingerprint density at radius 3 is 2.67 bits per heavy atom. The number of hydrogen-bond donors (Lipinski definition) is 2. The van der Waals surface area contributed by atoms with Gasteiger partial charge in [0.1, 0.15) is 5.82 Å². The minimum Gasteiger partial charge on any atom is -0.377 e. The Hall–Kier alpha value is -0.930. The largest absolute Gasteiger partial charge is 0.377 e. The fourth-order valence-corrected chi connectivity index (χ4v) is 5.42. The maximum atomic E-state index is 13.9. The summed E-state index contributed by atoms with van der Waals surface area (Å²) in [5, 5.41) is 7.21. The Bertz CT molecular complexity index is 736. The van der Waals surface area contributed by atoms with Crippen LogP contribution in [-0.2, 0) is 11.3 Å². The Morgan fingerprint density at radius 1 is 1.23 bits per heavy atom. The Morgan fingerprint density at radius 2 is 1.97 bits per heavy atom. The Kier molecular flexibility index (Phi) is 8.01. The first-order valence-corrected chi connectivity index (χ1v) is 11.0. The number of ether oxygens (including phenoxy) is 1. The molecule has 30 heavy (non-hydrogen) atoms. The second-order valence-corrected chi connectivity index (χ2v) is 9.45. The predicted molar refractivity (Wildman–Crippen MR) is 130 cm³/mol. The number of rotatable bonds is 5. The second kappa shape index (κ2) is 10.1. The Balaban J connectivity index is 0.00000256. The topological polar surface area (TPSA) is 48.9 Å². The van der Waals surface area contributed by atoms with Crippen LogP contribution in [-0.4, -0.2) is 56.3 Å². The first kappa shape index (κ1) is 23.7. The molecule has 7 heteroatoms. The first-order valence-electron chi connectivity index (χ1n) is 11.0. The average Bonchev–Trinajstić information content (AvgIpc) is 3.18. The molecule has 0 aromatic heterocycles. The fraction of sp³-hybridized carbons (Fsp3) is 0.696. The molecule has 3 aliphatic rings. The third kappa shape index (κ3) is 4.93. The molecule has 0 radical (unpaired) electrons. The zero-order chi connectivity index (χ0) is 20.4. The summed E-state index contributed by atoms with van der Waals surface area (Å²) in [6, 6.07) is 7.53. The summed E-state index contributed by atoms with van der Waals surface area (Å²) in [7, 11) is 1.85. The number of benzene rings is 1. The van der Waals surface area contributed by atoms with Gasteiger partial charge in [-0.3, -0.25) is 9.89 Å². The van der Waals surface area contributed by atoms with E-state index >= 15 is 0 Å². The normalized spacial score (nSPS) is 28.9. The van der Waals surface area contributed by atoms with Crippen LogP contribution in [0.25, 0.3) is 0 Å². The maximum Gasteiger partial charge on any atom is 0.191 e. The number of nitrogens with one attached hydrogen (secondary N) is 2. The SMILES string of the molecule is CN=C(NCC1CCN(Cc2ccccc2F)CC1)NC1C2CCOC2C1(C)C.I. The van der Waals surface area contributed by atoms with E-state index in [0.29, 0.717) is 30.5 Å². The van der Waals surface area contributed by atoms with Crippen LogP contribution in [0.4, 0.5) is 4.39 Å². The highest BCUT2D eigenvalue weighted by Crippen LogP contribution is 2.52. The van der Waals surface area contributed by atoms with Gasteiger partial charge in [-0.2, -0.15) is 0 Å². The predicted octanol–water partition coefficient (Wildman–Crippen LogP) is 3.63. The van der Waals surface area contributed by atoms with Gasteiger partial charge in [0.25, 0.3) is 0 Å². The lowest BCUT2D eigenvalue weighted by Crippen LogP contribution is -2.68. The molecule has 0 amide bonds. The second-order valence-electron chi connectivity index (χ2n) is 9.45. The molecule has 2 heterocycles. The van der Waals surface area contributed by atoms with Crippen molar-refractivity contribution in [1.82, 2.24) is 15.5 Å². The van der Waals surface area contributed by atoms with E-state index in [1.54, 1.807) is 12.1 Å². The van der Waals surface area contributed by atoms with Gasteiger partial charge in [-0.1, -0.05) is 32.0 Å². The van der Waals surface area contributed by atoms with Gasteiger partial charge in [0.15, 0.2) is 5.96 Å². The molecule has 0 spiro atoms. The molecule has 4 rings (SSSR count). The number of piperidine rings is 1. The van der Waals surface area contributed by atoms with E-state index in [1.165, 1.54) is 0 Å². The molecule has 2 saturated heterocycles. The summed E-state index contributed by atoms with van der Waals surface area (Å²) in [4.78, 5) is 6.82. The van der Waals surface area contributed by atoms with Crippen LogP contribution >= 0.6 is 24.0 Å². The van der Waals surface area contributed by atoms with E-state index in [0.717, 1.165) is 57.0 Å². The van der Waals surface area contributed by atoms with Gasteiger partial charge in [0.05, 0.1) is 6.10 Å². The number of aliphatic imine (C=N–C) groups is 1. The monoisotopic (exact) mass is 530 g/mol. The van der Waals surface area contributed by atoms with Crippen molar-refractivity contribution >= 4 is 29.9 Å². The highest BCUT2D eigenvalue weighted by Gasteiger charge is 2.59. The zero-order valence-corrected chi connectivity index (χ0v) is 20.7. The molecule has 2 N–H and O–H groups in total. The standard InChI is InChI=1S/C23H35FN4O.HI/c1-23(2)20(18-10-13-29-21(18)23)27-22(25-3)26-14-16-8-11-28(12-9-16)15-17-6-4-5-7-19(17)24;/h4-7,16,18,20-21H,8-15H2,1-3H3,(H2,25,26,27);1H. The molecule has 1 aromatic carbocycles. The average molecular weight is 530 g/mol. The zero-order valence-electron chi connectivity index (χ0n) is 18.4. The summed E-state index contributed by atoms with van der Waals surface area (Å²) < 4.78 is 19.8. The molecule has 2 aliphatic heterocycles. The van der Waals surface area contributed by atoms with Crippen molar-refractivity contribution in [3.05, 3.63) is 35.6 Å². The molecule has 3 fully saturated rings. The third-order valence-electron chi connectivity index (χ3n) is 7.23. The van der Waals surface area contributed by atoms with Crippen molar-refractivity contribution in [2.45, 2.75) is 51.8 Å². The van der Waals surface area contributed by atoms with E-state index in [1.807, 2.05) is 19.2 Å². The molecule has 3 unspecified atom stereocenters. The van der Waals surface area contributed by atoms with Crippen molar-refractivity contribution in [2.24, 2.45) is 22.2 Å². The molecule has 1 aliphatic carbocycles. The quantitative estimate of drug-likeness (QED) is 0.347. The van der Waals surface area contributed by atoms with Gasteiger partial charge < -0.3 is 15.4 Å². The van der Waals surface area contributed by atoms with Gasteiger partial charge in [-0.15, -0.1) is 24.0 Å². The molecule has 168 valence electrons. The number of guanidine groups is 1. The van der Waals surface area contributed by atoms with Crippen LogP contribution in [0.3, 0.4) is 0 Å². The minimum atomic E-state index is -0.0972. The van der Waals surface area contributed by atoms with Crippen molar-refractivity contribution in [3.63, 3.8) is 0 Å². The highest BCUT2D eigenvalue weighted by atomic mass is 127. The van der Waals surface area contributed by atoms with Crippen LogP contribution < -0.4 is 10.6 Å². The minimum absolute atomic E-state index is 0. The molecule has 1 aromatic rings. The Labute approximate surface area is 197 Å². The molecular weight excluding hydrogens is 494 g/mol. The van der Waals surface area contributed by atoms with Gasteiger partial charge in [0.2, 0.25) is 0 Å². The van der Waals surface area contributed by atoms with Crippen LogP contribution in [0.15, 0.2) is 29.3 Å². The summed E-state index contributed by atoms with van der Waals surface area (Å²) in [6.07, 6.45) is 3.79. The fourth-order valence-electron chi connectivity index (χ4n) is 5.42. The van der Waals surface area contributed by atoms with Crippen LogP contribution in [0.2, 0.25) is 0 Å². The van der Waals surface area contributed by atoms with Crippen LogP contribution in [0.5, 0.6) is 0 Å². The number of halogens is 2. The van der Waals surface area contributed by atoms with Crippen LogP contribution in [0, 0.1) is 23.1 Å². The summed E-state index contributed by atoms with van der Waals surface area (Å²) in [6.45, 7) is 9.13. The van der Waals surface area contributed by atoms with Gasteiger partial charge in [-0.05, 0) is 44.3 Å². The van der Waals surface area contributed by atoms with Gasteiger partial charge in [-0.25, -0.2) is 4.39 Å². The maximum absolute atomic E-state index is 13.9. The van der Waals surface area contributed by atoms with Gasteiger partial charge >= 0.3 is 0 Å². The number of hydrogen-bond acceptors (Lipinski definition) is 3. The van der Waals surface area contributed by atoms with E-state index in [4.69, 9.17) is 4.74 Å². The number of fused-ring (bicyclic) bond motifs is 1. The van der Waals surface area contributed by atoms with E-state index in [9.17, 15) is 4.39 Å². The summed E-state index contributed by atoms with van der Waals surface area (Å²) in [5.74, 6) is 2.04. The molecular formula is C23H36FIN4O. The van der Waals surface area contributed by atoms with E-state index < -0.39 is 0 Å².